The number of halogens is 1. The molecule has 8 heteroatoms. The van der Waals surface area contributed by atoms with Gasteiger partial charge in [0.15, 0.2) is 0 Å². The molecule has 1 unspecified atom stereocenters. The Morgan fingerprint density at radius 1 is 1.13 bits per heavy atom. The first-order chi connectivity index (χ1) is 17.9. The zero-order valence-corrected chi connectivity index (χ0v) is 22.5. The molecule has 1 aliphatic carbocycles. The lowest BCUT2D eigenvalue weighted by atomic mass is 9.94. The van der Waals surface area contributed by atoms with E-state index in [1.807, 2.05) is 70.1 Å². The van der Waals surface area contributed by atoms with E-state index in [0.717, 1.165) is 40.4 Å². The predicted octanol–water partition coefficient (Wildman–Crippen LogP) is 6.11. The Bertz CT molecular complexity index is 1660. The minimum absolute atomic E-state index is 0.0946. The van der Waals surface area contributed by atoms with Crippen LogP contribution in [0.1, 0.15) is 58.1 Å². The van der Waals surface area contributed by atoms with Gasteiger partial charge >= 0.3 is 6.09 Å². The molecule has 1 saturated carbocycles. The highest BCUT2D eigenvalue weighted by Crippen LogP contribution is 2.51. The molecule has 2 aromatic carbocycles. The van der Waals surface area contributed by atoms with Crippen molar-refractivity contribution in [3.8, 4) is 11.1 Å². The molecule has 2 aromatic heterocycles. The average Bonchev–Trinajstić information content (AvgIpc) is 3.46. The minimum atomic E-state index is -0.557. The van der Waals surface area contributed by atoms with E-state index in [4.69, 9.17) is 4.74 Å². The topological polar surface area (TPSA) is 69.4 Å². The second kappa shape index (κ2) is 8.41. The van der Waals surface area contributed by atoms with Crippen LogP contribution >= 0.6 is 0 Å². The number of aromatic nitrogens is 3. The van der Waals surface area contributed by atoms with Gasteiger partial charge in [-0.05, 0) is 106 Å². The van der Waals surface area contributed by atoms with Gasteiger partial charge in [-0.1, -0.05) is 0 Å². The van der Waals surface area contributed by atoms with Crippen LogP contribution in [-0.4, -0.2) is 43.0 Å². The van der Waals surface area contributed by atoms with Crippen molar-refractivity contribution < 1.29 is 13.9 Å². The quantitative estimate of drug-likeness (QED) is 0.323. The highest BCUT2D eigenvalue weighted by molar-refractivity contribution is 5.91. The van der Waals surface area contributed by atoms with Gasteiger partial charge in [0.05, 0.1) is 10.9 Å². The number of carbonyl (C=O) groups excluding carboxylic acids is 1. The van der Waals surface area contributed by atoms with Gasteiger partial charge in [0.25, 0.3) is 5.56 Å². The first-order valence-electron chi connectivity index (χ1n) is 13.2. The van der Waals surface area contributed by atoms with Gasteiger partial charge in [-0.15, -0.1) is 0 Å². The molecule has 4 aromatic rings. The van der Waals surface area contributed by atoms with Crippen LogP contribution in [0.3, 0.4) is 0 Å². The number of benzene rings is 2. The third-order valence-electron chi connectivity index (χ3n) is 7.94. The summed E-state index contributed by atoms with van der Waals surface area (Å²) < 4.78 is 24.6. The minimum Gasteiger partial charge on any atom is -0.444 e. The third kappa shape index (κ3) is 4.16. The summed E-state index contributed by atoms with van der Waals surface area (Å²) >= 11 is 0. The molecule has 2 fully saturated rings. The van der Waals surface area contributed by atoms with Crippen LogP contribution in [-0.2, 0) is 11.8 Å². The van der Waals surface area contributed by atoms with Gasteiger partial charge in [-0.3, -0.25) is 9.48 Å². The molecular formula is C30H33FN4O3. The number of aryl methyl sites for hydroxylation is 2. The van der Waals surface area contributed by atoms with Crippen LogP contribution in [0.4, 0.5) is 9.18 Å². The Morgan fingerprint density at radius 3 is 2.55 bits per heavy atom. The fraction of sp³-hybridized carbons (Fsp3) is 0.433. The maximum absolute atomic E-state index is 15.5. The van der Waals surface area contributed by atoms with E-state index >= 15 is 4.39 Å². The summed E-state index contributed by atoms with van der Waals surface area (Å²) in [5.41, 5.74) is 2.40. The van der Waals surface area contributed by atoms with Gasteiger partial charge < -0.3 is 14.2 Å². The average molecular weight is 517 g/mol. The molecule has 0 bridgehead atoms. The van der Waals surface area contributed by atoms with Crippen LogP contribution < -0.4 is 5.56 Å². The van der Waals surface area contributed by atoms with Gasteiger partial charge in [0.1, 0.15) is 11.4 Å². The molecule has 1 atom stereocenters. The second-order valence-electron chi connectivity index (χ2n) is 12.0. The number of likely N-dealkylation sites (tertiary alicyclic amines) is 1. The number of nitrogens with zero attached hydrogens (tertiary/aromatic N) is 4. The molecule has 1 amide bonds. The highest BCUT2D eigenvalue weighted by atomic mass is 19.1. The van der Waals surface area contributed by atoms with Crippen molar-refractivity contribution in [1.82, 2.24) is 19.2 Å². The largest absolute Gasteiger partial charge is 0.444 e. The van der Waals surface area contributed by atoms with Crippen molar-refractivity contribution in [2.24, 2.45) is 7.05 Å². The summed E-state index contributed by atoms with van der Waals surface area (Å²) in [4.78, 5) is 28.2. The van der Waals surface area contributed by atoms with Crippen LogP contribution in [0, 0.1) is 12.7 Å². The Hall–Kier alpha value is -3.68. The lowest BCUT2D eigenvalue weighted by Crippen LogP contribution is -2.50. The van der Waals surface area contributed by atoms with E-state index in [1.165, 1.54) is 6.07 Å². The molecular weight excluding hydrogens is 483 g/mol. The smallest absolute Gasteiger partial charge is 0.410 e. The predicted molar refractivity (Wildman–Crippen MR) is 146 cm³/mol. The molecule has 0 N–H and O–H groups in total. The maximum atomic E-state index is 15.5. The van der Waals surface area contributed by atoms with E-state index in [1.54, 1.807) is 15.4 Å². The summed E-state index contributed by atoms with van der Waals surface area (Å²) in [6.07, 6.45) is 6.51. The normalized spacial score (nSPS) is 18.9. The van der Waals surface area contributed by atoms with E-state index in [-0.39, 0.29) is 28.6 Å². The summed E-state index contributed by atoms with van der Waals surface area (Å²) in [5.74, 6) is -0.520. The van der Waals surface area contributed by atoms with E-state index in [0.29, 0.717) is 24.8 Å². The van der Waals surface area contributed by atoms with Crippen LogP contribution in [0.2, 0.25) is 0 Å². The maximum Gasteiger partial charge on any atom is 0.410 e. The van der Waals surface area contributed by atoms with Gasteiger partial charge in [-0.2, -0.15) is 5.10 Å². The Labute approximate surface area is 220 Å². The molecule has 6 rings (SSSR count). The number of pyridine rings is 1. The summed E-state index contributed by atoms with van der Waals surface area (Å²) in [6.45, 7) is 8.11. The molecule has 2 aliphatic rings. The van der Waals surface area contributed by atoms with E-state index < -0.39 is 11.4 Å². The lowest BCUT2D eigenvalue weighted by molar-refractivity contribution is 0.000497. The molecule has 38 heavy (non-hydrogen) atoms. The highest BCUT2D eigenvalue weighted by Gasteiger charge is 2.54. The van der Waals surface area contributed by atoms with Crippen LogP contribution in [0.25, 0.3) is 32.8 Å². The van der Waals surface area contributed by atoms with Crippen molar-refractivity contribution in [1.29, 1.82) is 0 Å². The van der Waals surface area contributed by atoms with E-state index in [9.17, 15) is 9.59 Å². The lowest BCUT2D eigenvalue weighted by Gasteiger charge is -2.41. The number of ether oxygens (including phenoxy) is 1. The van der Waals surface area contributed by atoms with Gasteiger partial charge in [0.2, 0.25) is 0 Å². The molecule has 3 heterocycles. The summed E-state index contributed by atoms with van der Waals surface area (Å²) in [6, 6.07) is 9.09. The zero-order valence-electron chi connectivity index (χ0n) is 22.5. The fourth-order valence-corrected chi connectivity index (χ4v) is 6.02. The Kier molecular flexibility index (Phi) is 5.46. The third-order valence-corrected chi connectivity index (χ3v) is 7.94. The standard InChI is InChI=1S/C30H33FN4O3/c1-18-12-20(14-22-17-33(5)32-26(18)22)21-13-19-6-10-34(27(36)25(19)24(31)15-21)23-7-11-35(30(16-23)8-9-30)28(37)38-29(2,3)4/h6,10,12-15,17,23H,7-9,11,16H2,1-5H3. The summed E-state index contributed by atoms with van der Waals surface area (Å²) in [5, 5.41) is 6.17. The first kappa shape index (κ1) is 24.6. The molecule has 1 saturated heterocycles. The zero-order chi connectivity index (χ0) is 27.0. The van der Waals surface area contributed by atoms with E-state index in [2.05, 4.69) is 5.10 Å². The van der Waals surface area contributed by atoms with Crippen LogP contribution in [0.5, 0.6) is 0 Å². The second-order valence-corrected chi connectivity index (χ2v) is 12.0. The number of rotatable bonds is 2. The Balaban J connectivity index is 1.32. The number of hydrogen-bond donors (Lipinski definition) is 0. The molecule has 1 aliphatic heterocycles. The molecule has 7 nitrogen and oxygen atoms in total. The van der Waals surface area contributed by atoms with Gasteiger partial charge in [-0.25, -0.2) is 9.18 Å². The molecule has 198 valence electrons. The van der Waals surface area contributed by atoms with Crippen molar-refractivity contribution in [3.05, 3.63) is 64.5 Å². The van der Waals surface area contributed by atoms with Crippen molar-refractivity contribution in [3.63, 3.8) is 0 Å². The molecule has 1 spiro atoms. The number of piperidine rings is 1. The van der Waals surface area contributed by atoms with Crippen LogP contribution in [0.15, 0.2) is 47.5 Å². The number of hydrogen-bond acceptors (Lipinski definition) is 4. The Morgan fingerprint density at radius 2 is 1.84 bits per heavy atom. The first-order valence-corrected chi connectivity index (χ1v) is 13.2. The van der Waals surface area contributed by atoms with Gasteiger partial charge in [0, 0.05) is 43.0 Å². The van der Waals surface area contributed by atoms with Crippen molar-refractivity contribution >= 4 is 27.8 Å². The number of fused-ring (bicyclic) bond motifs is 2. The number of carbonyl (C=O) groups is 1. The van der Waals surface area contributed by atoms with Crippen molar-refractivity contribution in [2.45, 2.75) is 70.6 Å². The fourth-order valence-electron chi connectivity index (χ4n) is 6.02. The summed E-state index contributed by atoms with van der Waals surface area (Å²) in [7, 11) is 1.88. The monoisotopic (exact) mass is 516 g/mol. The molecule has 0 radical (unpaired) electrons. The SMILES string of the molecule is Cc1cc(-c2cc(F)c3c(=O)n(C4CCN(C(=O)OC(C)(C)C)C5(CC5)C4)ccc3c2)cc2cn(C)nc12. The number of amides is 1. The van der Waals surface area contributed by atoms with Crippen molar-refractivity contribution in [2.75, 3.05) is 6.54 Å².